The number of rotatable bonds is 4. The Morgan fingerprint density at radius 1 is 1.39 bits per heavy atom. The van der Waals surface area contributed by atoms with Crippen molar-refractivity contribution in [3.8, 4) is 0 Å². The van der Waals surface area contributed by atoms with Crippen LogP contribution in [-0.4, -0.2) is 18.5 Å². The van der Waals surface area contributed by atoms with Crippen LogP contribution >= 0.6 is 0 Å². The second-order valence-electron chi connectivity index (χ2n) is 5.37. The first kappa shape index (κ1) is 13.1. The second kappa shape index (κ2) is 6.01. The molecule has 3 nitrogen and oxygen atoms in total. The molecule has 2 rings (SSSR count). The van der Waals surface area contributed by atoms with E-state index in [0.29, 0.717) is 5.92 Å². The van der Waals surface area contributed by atoms with E-state index in [4.69, 9.17) is 0 Å². The predicted molar refractivity (Wildman–Crippen MR) is 74.6 cm³/mol. The summed E-state index contributed by atoms with van der Waals surface area (Å²) in [5, 5.41) is 6.37. The van der Waals surface area contributed by atoms with Gasteiger partial charge in [-0.1, -0.05) is 32.0 Å². The molecule has 0 aromatic heterocycles. The van der Waals surface area contributed by atoms with Gasteiger partial charge < -0.3 is 10.6 Å². The molecule has 0 saturated carbocycles. The number of amides is 1. The fraction of sp³-hybridized carbons (Fsp3) is 0.533. The number of carbonyl (C=O) groups excluding carboxylic acids is 1. The zero-order valence-corrected chi connectivity index (χ0v) is 11.2. The highest BCUT2D eigenvalue weighted by atomic mass is 16.2. The molecule has 0 aliphatic carbocycles. The van der Waals surface area contributed by atoms with Gasteiger partial charge in [-0.2, -0.15) is 0 Å². The Hall–Kier alpha value is -1.35. The Balaban J connectivity index is 1.95. The molecular weight excluding hydrogens is 224 g/mol. The normalized spacial score (nSPS) is 19.3. The van der Waals surface area contributed by atoms with Gasteiger partial charge in [0.2, 0.25) is 5.91 Å². The lowest BCUT2D eigenvalue weighted by Gasteiger charge is -2.15. The van der Waals surface area contributed by atoms with Crippen molar-refractivity contribution in [2.45, 2.75) is 39.2 Å². The number of hydrogen-bond acceptors (Lipinski definition) is 2. The summed E-state index contributed by atoms with van der Waals surface area (Å²) in [6, 6.07) is 8.00. The van der Waals surface area contributed by atoms with Crippen LogP contribution in [0.2, 0.25) is 0 Å². The van der Waals surface area contributed by atoms with E-state index >= 15 is 0 Å². The highest BCUT2D eigenvalue weighted by molar-refractivity contribution is 5.96. The minimum Gasteiger partial charge on any atom is -0.324 e. The van der Waals surface area contributed by atoms with Gasteiger partial charge in [0.05, 0.1) is 6.04 Å². The predicted octanol–water partition coefficient (Wildman–Crippen LogP) is 2.58. The molecule has 1 amide bonds. The van der Waals surface area contributed by atoms with E-state index in [1.165, 1.54) is 5.56 Å². The molecule has 1 heterocycles. The molecule has 1 aromatic carbocycles. The molecule has 2 N–H and O–H groups in total. The molecule has 18 heavy (non-hydrogen) atoms. The van der Waals surface area contributed by atoms with E-state index in [1.54, 1.807) is 0 Å². The van der Waals surface area contributed by atoms with Gasteiger partial charge >= 0.3 is 0 Å². The number of aryl methyl sites for hydroxylation is 1. The first-order chi connectivity index (χ1) is 8.66. The fourth-order valence-corrected chi connectivity index (χ4v) is 2.25. The summed E-state index contributed by atoms with van der Waals surface area (Å²) in [7, 11) is 0. The van der Waals surface area contributed by atoms with Crippen molar-refractivity contribution in [1.29, 1.82) is 0 Å². The highest BCUT2D eigenvalue weighted by Crippen LogP contribution is 2.21. The van der Waals surface area contributed by atoms with Crippen LogP contribution in [0.3, 0.4) is 0 Å². The van der Waals surface area contributed by atoms with Crippen LogP contribution in [0.25, 0.3) is 0 Å². The van der Waals surface area contributed by atoms with Crippen LogP contribution in [0, 0.1) is 5.92 Å². The Bertz CT molecular complexity index is 415. The van der Waals surface area contributed by atoms with Gasteiger partial charge in [0.15, 0.2) is 0 Å². The molecule has 0 spiro atoms. The van der Waals surface area contributed by atoms with Gasteiger partial charge in [-0.25, -0.2) is 0 Å². The molecule has 98 valence electrons. The molecule has 1 atom stereocenters. The van der Waals surface area contributed by atoms with Crippen LogP contribution in [0.1, 0.15) is 32.3 Å². The standard InChI is InChI=1S/C15H22N2O/c1-11(2)9-10-16-14-8-7-12-5-3-4-6-13(12)17-15(14)18/h3-6,11,14,16H,7-10H2,1-2H3,(H,17,18). The Kier molecular flexibility index (Phi) is 4.37. The smallest absolute Gasteiger partial charge is 0.241 e. The van der Waals surface area contributed by atoms with E-state index in [0.717, 1.165) is 31.5 Å². The zero-order valence-electron chi connectivity index (χ0n) is 11.2. The quantitative estimate of drug-likeness (QED) is 0.857. The molecule has 0 fully saturated rings. The minimum absolute atomic E-state index is 0.0591. The number of para-hydroxylation sites is 1. The van der Waals surface area contributed by atoms with Crippen LogP contribution < -0.4 is 10.6 Å². The van der Waals surface area contributed by atoms with Crippen molar-refractivity contribution < 1.29 is 4.79 Å². The van der Waals surface area contributed by atoms with Crippen LogP contribution in [0.15, 0.2) is 24.3 Å². The summed E-state index contributed by atoms with van der Waals surface area (Å²) in [4.78, 5) is 12.1. The van der Waals surface area contributed by atoms with Crippen molar-refractivity contribution in [2.24, 2.45) is 5.92 Å². The first-order valence-corrected chi connectivity index (χ1v) is 6.79. The summed E-state index contributed by atoms with van der Waals surface area (Å²) in [6.45, 7) is 5.31. The molecule has 0 saturated heterocycles. The Labute approximate surface area is 109 Å². The molecule has 1 unspecified atom stereocenters. The third kappa shape index (κ3) is 3.33. The van der Waals surface area contributed by atoms with E-state index in [9.17, 15) is 4.79 Å². The Morgan fingerprint density at radius 2 is 2.17 bits per heavy atom. The third-order valence-corrected chi connectivity index (χ3v) is 3.41. The van der Waals surface area contributed by atoms with Gasteiger partial charge in [0, 0.05) is 5.69 Å². The number of nitrogens with one attached hydrogen (secondary N) is 2. The third-order valence-electron chi connectivity index (χ3n) is 3.41. The van der Waals surface area contributed by atoms with Gasteiger partial charge in [-0.15, -0.1) is 0 Å². The highest BCUT2D eigenvalue weighted by Gasteiger charge is 2.22. The lowest BCUT2D eigenvalue weighted by Crippen LogP contribution is -2.40. The number of benzene rings is 1. The average molecular weight is 246 g/mol. The van der Waals surface area contributed by atoms with E-state index < -0.39 is 0 Å². The average Bonchev–Trinajstić information content (AvgIpc) is 2.49. The van der Waals surface area contributed by atoms with Crippen molar-refractivity contribution in [3.05, 3.63) is 29.8 Å². The maximum Gasteiger partial charge on any atom is 0.241 e. The summed E-state index contributed by atoms with van der Waals surface area (Å²) >= 11 is 0. The number of carbonyl (C=O) groups is 1. The van der Waals surface area contributed by atoms with E-state index in [1.807, 2.05) is 18.2 Å². The van der Waals surface area contributed by atoms with Crippen molar-refractivity contribution in [3.63, 3.8) is 0 Å². The van der Waals surface area contributed by atoms with Gasteiger partial charge in [0.1, 0.15) is 0 Å². The summed E-state index contributed by atoms with van der Waals surface area (Å²) in [5.74, 6) is 0.771. The summed E-state index contributed by atoms with van der Waals surface area (Å²) in [6.07, 6.45) is 2.94. The lowest BCUT2D eigenvalue weighted by molar-refractivity contribution is -0.118. The maximum atomic E-state index is 12.1. The Morgan fingerprint density at radius 3 is 2.94 bits per heavy atom. The molecule has 1 aliphatic rings. The maximum absolute atomic E-state index is 12.1. The van der Waals surface area contributed by atoms with Gasteiger partial charge in [-0.3, -0.25) is 4.79 Å². The van der Waals surface area contributed by atoms with Crippen LogP contribution in [0.5, 0.6) is 0 Å². The van der Waals surface area contributed by atoms with E-state index in [2.05, 4.69) is 30.5 Å². The minimum atomic E-state index is -0.0591. The summed E-state index contributed by atoms with van der Waals surface area (Å²) < 4.78 is 0. The number of fused-ring (bicyclic) bond motifs is 1. The van der Waals surface area contributed by atoms with Crippen molar-refractivity contribution in [2.75, 3.05) is 11.9 Å². The largest absolute Gasteiger partial charge is 0.324 e. The lowest BCUT2D eigenvalue weighted by atomic mass is 10.1. The first-order valence-electron chi connectivity index (χ1n) is 6.79. The molecule has 1 aromatic rings. The van der Waals surface area contributed by atoms with Crippen LogP contribution in [-0.2, 0) is 11.2 Å². The second-order valence-corrected chi connectivity index (χ2v) is 5.37. The van der Waals surface area contributed by atoms with E-state index in [-0.39, 0.29) is 11.9 Å². The van der Waals surface area contributed by atoms with Gasteiger partial charge in [-0.05, 0) is 43.4 Å². The van der Waals surface area contributed by atoms with Gasteiger partial charge in [0.25, 0.3) is 0 Å². The molecule has 0 bridgehead atoms. The van der Waals surface area contributed by atoms with Crippen molar-refractivity contribution >= 4 is 11.6 Å². The fourth-order valence-electron chi connectivity index (χ4n) is 2.25. The molecule has 3 heteroatoms. The van der Waals surface area contributed by atoms with Crippen LogP contribution in [0.4, 0.5) is 5.69 Å². The zero-order chi connectivity index (χ0) is 13.0. The SMILES string of the molecule is CC(C)CCNC1CCc2ccccc2NC1=O. The monoisotopic (exact) mass is 246 g/mol. The number of anilines is 1. The molecule has 1 aliphatic heterocycles. The number of hydrogen-bond donors (Lipinski definition) is 2. The molecule has 0 radical (unpaired) electrons. The summed E-state index contributed by atoms with van der Waals surface area (Å²) in [5.41, 5.74) is 2.20. The van der Waals surface area contributed by atoms with Crippen molar-refractivity contribution in [1.82, 2.24) is 5.32 Å². The molecular formula is C15H22N2O. The topological polar surface area (TPSA) is 41.1 Å².